The highest BCUT2D eigenvalue weighted by molar-refractivity contribution is 7.89. The van der Waals surface area contributed by atoms with E-state index in [0.717, 1.165) is 0 Å². The number of amides is 1. The fourth-order valence-electron chi connectivity index (χ4n) is 3.23. The number of sulfonamides is 1. The number of piperazine rings is 1. The molecule has 2 aromatic carbocycles. The predicted octanol–water partition coefficient (Wildman–Crippen LogP) is 3.17. The molecule has 29 heavy (non-hydrogen) atoms. The Morgan fingerprint density at radius 3 is 2.17 bits per heavy atom. The third kappa shape index (κ3) is 5.04. The number of rotatable bonds is 4. The molecule has 0 atom stereocenters. The van der Waals surface area contributed by atoms with Gasteiger partial charge in [0.25, 0.3) is 5.91 Å². The molecule has 1 N–H and O–H groups in total. The Hall–Kier alpha value is -2.22. The van der Waals surface area contributed by atoms with E-state index in [2.05, 4.69) is 31.0 Å². The lowest BCUT2D eigenvalue weighted by Gasteiger charge is -2.31. The van der Waals surface area contributed by atoms with Gasteiger partial charge in [-0.1, -0.05) is 39.0 Å². The van der Waals surface area contributed by atoms with E-state index in [9.17, 15) is 13.2 Å². The lowest BCUT2D eigenvalue weighted by molar-refractivity contribution is 0.102. The standard InChI is InChI=1S/C22H29N3O3S/c1-22(2,3)18-8-10-19(11-9-18)23-21(26)17-6-5-7-20(16-17)29(27,28)25-14-12-24(4)13-15-25/h5-11,16H,12-15H2,1-4H3,(H,23,26). The number of carbonyl (C=O) groups excluding carboxylic acids is 1. The molecule has 0 unspecified atom stereocenters. The second-order valence-corrected chi connectivity index (χ2v) is 10.5. The minimum Gasteiger partial charge on any atom is -0.322 e. The van der Waals surface area contributed by atoms with E-state index < -0.39 is 10.0 Å². The molecule has 3 rings (SSSR count). The van der Waals surface area contributed by atoms with Crippen LogP contribution >= 0.6 is 0 Å². The monoisotopic (exact) mass is 415 g/mol. The van der Waals surface area contributed by atoms with Crippen LogP contribution in [-0.4, -0.2) is 56.8 Å². The predicted molar refractivity (Wildman–Crippen MR) is 116 cm³/mol. The Morgan fingerprint density at radius 2 is 1.59 bits per heavy atom. The first kappa shape index (κ1) is 21.5. The maximum atomic E-state index is 12.9. The van der Waals surface area contributed by atoms with Gasteiger partial charge in [-0.15, -0.1) is 0 Å². The van der Waals surface area contributed by atoms with E-state index in [1.807, 2.05) is 31.3 Å². The van der Waals surface area contributed by atoms with Gasteiger partial charge in [0, 0.05) is 37.4 Å². The van der Waals surface area contributed by atoms with Gasteiger partial charge in [0.15, 0.2) is 0 Å². The van der Waals surface area contributed by atoms with Gasteiger partial charge in [-0.2, -0.15) is 4.31 Å². The summed E-state index contributed by atoms with van der Waals surface area (Å²) in [6.07, 6.45) is 0. The molecular weight excluding hydrogens is 386 g/mol. The van der Waals surface area contributed by atoms with Crippen LogP contribution in [-0.2, 0) is 15.4 Å². The first-order valence-electron chi connectivity index (χ1n) is 9.78. The fraction of sp³-hybridized carbons (Fsp3) is 0.409. The molecule has 1 saturated heterocycles. The summed E-state index contributed by atoms with van der Waals surface area (Å²) in [5.74, 6) is -0.330. The van der Waals surface area contributed by atoms with Crippen molar-refractivity contribution in [2.75, 3.05) is 38.5 Å². The molecule has 0 saturated carbocycles. The molecule has 0 radical (unpaired) electrons. The molecule has 1 aliphatic heterocycles. The van der Waals surface area contributed by atoms with E-state index in [4.69, 9.17) is 0 Å². The highest BCUT2D eigenvalue weighted by atomic mass is 32.2. The van der Waals surface area contributed by atoms with Gasteiger partial charge in [0.1, 0.15) is 0 Å². The van der Waals surface area contributed by atoms with Gasteiger partial charge in [-0.3, -0.25) is 4.79 Å². The number of benzene rings is 2. The van der Waals surface area contributed by atoms with E-state index in [1.54, 1.807) is 18.2 Å². The topological polar surface area (TPSA) is 69.7 Å². The summed E-state index contributed by atoms with van der Waals surface area (Å²) in [5.41, 5.74) is 2.21. The van der Waals surface area contributed by atoms with E-state index in [-0.39, 0.29) is 16.2 Å². The van der Waals surface area contributed by atoms with Crippen LogP contribution in [0.2, 0.25) is 0 Å². The summed E-state index contributed by atoms with van der Waals surface area (Å²) >= 11 is 0. The van der Waals surface area contributed by atoms with Crippen molar-refractivity contribution in [2.24, 2.45) is 0 Å². The van der Waals surface area contributed by atoms with Crippen LogP contribution in [0.15, 0.2) is 53.4 Å². The molecule has 0 aromatic heterocycles. The molecule has 2 aromatic rings. The molecular formula is C22H29N3O3S. The Balaban J connectivity index is 1.76. The van der Waals surface area contributed by atoms with Gasteiger partial charge >= 0.3 is 0 Å². The average molecular weight is 416 g/mol. The highest BCUT2D eigenvalue weighted by Gasteiger charge is 2.28. The molecule has 1 fully saturated rings. The summed E-state index contributed by atoms with van der Waals surface area (Å²) < 4.78 is 27.3. The van der Waals surface area contributed by atoms with Crippen molar-refractivity contribution >= 4 is 21.6 Å². The zero-order valence-electron chi connectivity index (χ0n) is 17.5. The lowest BCUT2D eigenvalue weighted by Crippen LogP contribution is -2.47. The molecule has 7 heteroatoms. The highest BCUT2D eigenvalue weighted by Crippen LogP contribution is 2.24. The number of carbonyl (C=O) groups is 1. The van der Waals surface area contributed by atoms with Crippen molar-refractivity contribution in [3.05, 3.63) is 59.7 Å². The number of likely N-dealkylation sites (N-methyl/N-ethyl adjacent to an activating group) is 1. The zero-order chi connectivity index (χ0) is 21.2. The van der Waals surface area contributed by atoms with Crippen LogP contribution in [0.3, 0.4) is 0 Å². The SMILES string of the molecule is CN1CCN(S(=O)(=O)c2cccc(C(=O)Nc3ccc(C(C)(C)C)cc3)c2)CC1. The maximum absolute atomic E-state index is 12.9. The van der Waals surface area contributed by atoms with Crippen molar-refractivity contribution < 1.29 is 13.2 Å². The third-order valence-corrected chi connectivity index (χ3v) is 7.10. The van der Waals surface area contributed by atoms with Crippen LogP contribution in [0.25, 0.3) is 0 Å². The van der Waals surface area contributed by atoms with Crippen molar-refractivity contribution in [3.8, 4) is 0 Å². The van der Waals surface area contributed by atoms with Gasteiger partial charge in [0.05, 0.1) is 4.90 Å². The molecule has 1 heterocycles. The van der Waals surface area contributed by atoms with Crippen LogP contribution in [0, 0.1) is 0 Å². The largest absolute Gasteiger partial charge is 0.322 e. The average Bonchev–Trinajstić information content (AvgIpc) is 2.68. The van der Waals surface area contributed by atoms with Crippen molar-refractivity contribution in [1.82, 2.24) is 9.21 Å². The van der Waals surface area contributed by atoms with Crippen LogP contribution in [0.1, 0.15) is 36.7 Å². The first-order valence-corrected chi connectivity index (χ1v) is 11.2. The summed E-state index contributed by atoms with van der Waals surface area (Å²) in [4.78, 5) is 14.9. The Bertz CT molecular complexity index is 971. The smallest absolute Gasteiger partial charge is 0.255 e. The van der Waals surface area contributed by atoms with Crippen molar-refractivity contribution in [2.45, 2.75) is 31.1 Å². The second-order valence-electron chi connectivity index (χ2n) is 8.52. The third-order valence-electron chi connectivity index (χ3n) is 5.21. The fourth-order valence-corrected chi connectivity index (χ4v) is 4.70. The van der Waals surface area contributed by atoms with Crippen LogP contribution in [0.4, 0.5) is 5.69 Å². The second kappa shape index (κ2) is 8.26. The molecule has 1 amide bonds. The molecule has 0 bridgehead atoms. The molecule has 0 spiro atoms. The van der Waals surface area contributed by atoms with Crippen LogP contribution in [0.5, 0.6) is 0 Å². The molecule has 0 aliphatic carbocycles. The first-order chi connectivity index (χ1) is 13.6. The van der Waals surface area contributed by atoms with E-state index >= 15 is 0 Å². The Morgan fingerprint density at radius 1 is 0.966 bits per heavy atom. The molecule has 1 aliphatic rings. The van der Waals surface area contributed by atoms with E-state index in [1.165, 1.54) is 15.9 Å². The van der Waals surface area contributed by atoms with Gasteiger partial charge in [-0.25, -0.2) is 8.42 Å². The van der Waals surface area contributed by atoms with Gasteiger partial charge < -0.3 is 10.2 Å². The lowest BCUT2D eigenvalue weighted by atomic mass is 9.87. The minimum atomic E-state index is -3.61. The summed E-state index contributed by atoms with van der Waals surface area (Å²) in [5, 5.41) is 2.85. The number of hydrogen-bond acceptors (Lipinski definition) is 4. The summed E-state index contributed by atoms with van der Waals surface area (Å²) in [6.45, 7) is 8.70. The van der Waals surface area contributed by atoms with Gasteiger partial charge in [0.2, 0.25) is 10.0 Å². The van der Waals surface area contributed by atoms with Gasteiger partial charge in [-0.05, 0) is 48.4 Å². The number of nitrogens with one attached hydrogen (secondary N) is 1. The Labute approximate surface area is 173 Å². The summed E-state index contributed by atoms with van der Waals surface area (Å²) in [7, 11) is -1.63. The quantitative estimate of drug-likeness (QED) is 0.833. The molecule has 6 nitrogen and oxygen atoms in total. The zero-order valence-corrected chi connectivity index (χ0v) is 18.3. The summed E-state index contributed by atoms with van der Waals surface area (Å²) in [6, 6.07) is 13.9. The minimum absolute atomic E-state index is 0.0362. The van der Waals surface area contributed by atoms with Crippen molar-refractivity contribution in [1.29, 1.82) is 0 Å². The van der Waals surface area contributed by atoms with E-state index in [0.29, 0.717) is 37.4 Å². The number of hydrogen-bond donors (Lipinski definition) is 1. The van der Waals surface area contributed by atoms with Crippen LogP contribution < -0.4 is 5.32 Å². The Kier molecular flexibility index (Phi) is 6.12. The normalized spacial score (nSPS) is 16.6. The molecule has 156 valence electrons. The van der Waals surface area contributed by atoms with Crippen molar-refractivity contribution in [3.63, 3.8) is 0 Å². The maximum Gasteiger partial charge on any atom is 0.255 e. The number of nitrogens with zero attached hydrogens (tertiary/aromatic N) is 2. The number of anilines is 1.